The number of halogens is 3. The average molecular weight is 293 g/mol. The van der Waals surface area contributed by atoms with Gasteiger partial charge in [-0.1, -0.05) is 13.8 Å². The van der Waals surface area contributed by atoms with Crippen LogP contribution in [0, 0.1) is 0 Å². The molecule has 88 valence electrons. The van der Waals surface area contributed by atoms with Crippen molar-refractivity contribution in [2.24, 2.45) is 0 Å². The van der Waals surface area contributed by atoms with E-state index < -0.39 is 6.61 Å². The Morgan fingerprint density at radius 1 is 1.38 bits per heavy atom. The monoisotopic (exact) mass is 292 g/mol. The molecule has 0 radical (unpaired) electrons. The van der Waals surface area contributed by atoms with Crippen molar-refractivity contribution in [2.45, 2.75) is 26.4 Å². The number of aldehydes is 1. The maximum atomic E-state index is 12.1. The highest BCUT2D eigenvalue weighted by Crippen LogP contribution is 2.33. The van der Waals surface area contributed by atoms with Gasteiger partial charge >= 0.3 is 6.61 Å². The number of rotatable bonds is 4. The van der Waals surface area contributed by atoms with Gasteiger partial charge in [0.2, 0.25) is 0 Å². The first-order valence-electron chi connectivity index (χ1n) is 4.69. The molecule has 0 amide bonds. The normalized spacial score (nSPS) is 10.9. The van der Waals surface area contributed by atoms with Crippen LogP contribution in [0.25, 0.3) is 0 Å². The molecule has 0 aliphatic carbocycles. The Morgan fingerprint density at radius 3 is 2.44 bits per heavy atom. The lowest BCUT2D eigenvalue weighted by Crippen LogP contribution is -2.06. The molecule has 0 fully saturated rings. The van der Waals surface area contributed by atoms with Gasteiger partial charge in [0.15, 0.2) is 12.0 Å². The van der Waals surface area contributed by atoms with Gasteiger partial charge < -0.3 is 4.74 Å². The quantitative estimate of drug-likeness (QED) is 0.785. The Hall–Kier alpha value is -0.970. The topological polar surface area (TPSA) is 26.3 Å². The van der Waals surface area contributed by atoms with Crippen LogP contribution in [0.1, 0.15) is 35.7 Å². The maximum Gasteiger partial charge on any atom is 0.387 e. The summed E-state index contributed by atoms with van der Waals surface area (Å²) in [6.07, 6.45) is 0.508. The van der Waals surface area contributed by atoms with Crippen LogP contribution >= 0.6 is 15.9 Å². The molecule has 0 saturated carbocycles. The molecule has 0 heterocycles. The van der Waals surface area contributed by atoms with Crippen LogP contribution in [-0.4, -0.2) is 12.9 Å². The summed E-state index contributed by atoms with van der Waals surface area (Å²) in [5.74, 6) is 0.0880. The lowest BCUT2D eigenvalue weighted by atomic mass is 10.0. The summed E-state index contributed by atoms with van der Waals surface area (Å²) in [6.45, 7) is 0.952. The molecule has 2 nitrogen and oxygen atoms in total. The van der Waals surface area contributed by atoms with Crippen LogP contribution < -0.4 is 4.74 Å². The Balaban J connectivity index is 3.23. The summed E-state index contributed by atoms with van der Waals surface area (Å²) in [7, 11) is 0. The molecule has 0 spiro atoms. The summed E-state index contributed by atoms with van der Waals surface area (Å²) in [5, 5.41) is 0. The largest absolute Gasteiger partial charge is 0.433 e. The van der Waals surface area contributed by atoms with Crippen LogP contribution in [0.4, 0.5) is 8.78 Å². The van der Waals surface area contributed by atoms with Crippen LogP contribution in [-0.2, 0) is 0 Å². The van der Waals surface area contributed by atoms with Gasteiger partial charge in [0.1, 0.15) is 0 Å². The number of ether oxygens (including phenoxy) is 1. The molecule has 0 aliphatic heterocycles. The molecule has 0 atom stereocenters. The van der Waals surface area contributed by atoms with Gasteiger partial charge in [-0.05, 0) is 39.5 Å². The second-order valence-corrected chi connectivity index (χ2v) is 4.43. The van der Waals surface area contributed by atoms with E-state index >= 15 is 0 Å². The number of benzene rings is 1. The number of carbonyl (C=O) groups excluding carboxylic acids is 1. The van der Waals surface area contributed by atoms with Gasteiger partial charge in [0.25, 0.3) is 0 Å². The highest BCUT2D eigenvalue weighted by Gasteiger charge is 2.15. The zero-order valence-electron chi connectivity index (χ0n) is 8.84. The van der Waals surface area contributed by atoms with E-state index in [1.807, 2.05) is 13.8 Å². The third kappa shape index (κ3) is 3.01. The van der Waals surface area contributed by atoms with Crippen molar-refractivity contribution in [3.63, 3.8) is 0 Å². The minimum absolute atomic E-state index is 0.116. The molecule has 0 bridgehead atoms. The van der Waals surface area contributed by atoms with Gasteiger partial charge in [0.05, 0.1) is 10.0 Å². The fraction of sp³-hybridized carbons (Fsp3) is 0.364. The first kappa shape index (κ1) is 13.1. The Labute approximate surface area is 101 Å². The first-order chi connectivity index (χ1) is 7.45. The SMILES string of the molecule is CC(C)c1cc(Br)c(OC(F)F)c(C=O)c1. The molecule has 1 aromatic carbocycles. The molecule has 0 N–H and O–H groups in total. The molecule has 0 unspecified atom stereocenters. The van der Waals surface area contributed by atoms with Gasteiger partial charge in [-0.25, -0.2) is 0 Å². The third-order valence-electron chi connectivity index (χ3n) is 2.10. The van der Waals surface area contributed by atoms with Gasteiger partial charge in [0, 0.05) is 0 Å². The summed E-state index contributed by atoms with van der Waals surface area (Å²) >= 11 is 3.12. The standard InChI is InChI=1S/C11H11BrF2O2/c1-6(2)7-3-8(5-15)10(9(12)4-7)16-11(13)14/h3-6,11H,1-2H3. The maximum absolute atomic E-state index is 12.1. The van der Waals surface area contributed by atoms with E-state index in [0.717, 1.165) is 5.56 Å². The molecule has 1 aromatic rings. The van der Waals surface area contributed by atoms with E-state index in [9.17, 15) is 13.6 Å². The molecular weight excluding hydrogens is 282 g/mol. The van der Waals surface area contributed by atoms with Crippen molar-refractivity contribution in [3.05, 3.63) is 27.7 Å². The van der Waals surface area contributed by atoms with Crippen LogP contribution in [0.15, 0.2) is 16.6 Å². The summed E-state index contributed by atoms with van der Waals surface area (Å²) in [5.41, 5.74) is 1.01. The van der Waals surface area contributed by atoms with Crippen molar-refractivity contribution in [3.8, 4) is 5.75 Å². The van der Waals surface area contributed by atoms with E-state index in [-0.39, 0.29) is 17.2 Å². The van der Waals surface area contributed by atoms with E-state index in [0.29, 0.717) is 10.8 Å². The fourth-order valence-electron chi connectivity index (χ4n) is 1.27. The predicted octanol–water partition coefficient (Wildman–Crippen LogP) is 3.99. The molecule has 0 saturated heterocycles. The van der Waals surface area contributed by atoms with Crippen LogP contribution in [0.2, 0.25) is 0 Å². The minimum Gasteiger partial charge on any atom is -0.433 e. The predicted molar refractivity (Wildman–Crippen MR) is 60.3 cm³/mol. The van der Waals surface area contributed by atoms with Crippen molar-refractivity contribution in [1.29, 1.82) is 0 Å². The lowest BCUT2D eigenvalue weighted by Gasteiger charge is -2.13. The number of carbonyl (C=O) groups is 1. The van der Waals surface area contributed by atoms with Crippen LogP contribution in [0.5, 0.6) is 5.75 Å². The van der Waals surface area contributed by atoms with Crippen LogP contribution in [0.3, 0.4) is 0 Å². The average Bonchev–Trinajstić information content (AvgIpc) is 2.19. The highest BCUT2D eigenvalue weighted by atomic mass is 79.9. The van der Waals surface area contributed by atoms with Gasteiger partial charge in [-0.2, -0.15) is 8.78 Å². The molecule has 5 heteroatoms. The number of alkyl halides is 2. The van der Waals surface area contributed by atoms with Gasteiger partial charge in [-0.3, -0.25) is 4.79 Å². The van der Waals surface area contributed by atoms with E-state index in [1.54, 1.807) is 12.1 Å². The third-order valence-corrected chi connectivity index (χ3v) is 2.68. The minimum atomic E-state index is -2.94. The second-order valence-electron chi connectivity index (χ2n) is 3.57. The summed E-state index contributed by atoms with van der Waals surface area (Å²) in [4.78, 5) is 10.8. The van der Waals surface area contributed by atoms with E-state index in [1.165, 1.54) is 0 Å². The van der Waals surface area contributed by atoms with Crippen molar-refractivity contribution in [1.82, 2.24) is 0 Å². The molecule has 1 rings (SSSR count). The number of hydrogen-bond acceptors (Lipinski definition) is 2. The highest BCUT2D eigenvalue weighted by molar-refractivity contribution is 9.10. The van der Waals surface area contributed by atoms with Crippen molar-refractivity contribution < 1.29 is 18.3 Å². The number of hydrogen-bond donors (Lipinski definition) is 0. The van der Waals surface area contributed by atoms with E-state index in [2.05, 4.69) is 20.7 Å². The Morgan fingerprint density at radius 2 is 2.00 bits per heavy atom. The smallest absolute Gasteiger partial charge is 0.387 e. The van der Waals surface area contributed by atoms with Crippen molar-refractivity contribution >= 4 is 22.2 Å². The molecular formula is C11H11BrF2O2. The Kier molecular flexibility index (Phi) is 4.41. The summed E-state index contributed by atoms with van der Waals surface area (Å²) in [6, 6.07) is 3.23. The lowest BCUT2D eigenvalue weighted by molar-refractivity contribution is -0.0505. The first-order valence-corrected chi connectivity index (χ1v) is 5.48. The zero-order chi connectivity index (χ0) is 12.3. The fourth-order valence-corrected chi connectivity index (χ4v) is 1.86. The summed E-state index contributed by atoms with van der Waals surface area (Å²) < 4.78 is 28.9. The zero-order valence-corrected chi connectivity index (χ0v) is 10.4. The molecule has 16 heavy (non-hydrogen) atoms. The Bertz CT molecular complexity index is 392. The van der Waals surface area contributed by atoms with E-state index in [4.69, 9.17) is 0 Å². The second kappa shape index (κ2) is 5.39. The molecule has 0 aliphatic rings. The van der Waals surface area contributed by atoms with Crippen molar-refractivity contribution in [2.75, 3.05) is 0 Å². The molecule has 0 aromatic heterocycles. The van der Waals surface area contributed by atoms with Gasteiger partial charge in [-0.15, -0.1) is 0 Å².